The van der Waals surface area contributed by atoms with Gasteiger partial charge in [0.05, 0.1) is 21.7 Å². The number of hydrogen-bond donors (Lipinski definition) is 0. The number of nitro groups is 2. The zero-order valence-electron chi connectivity index (χ0n) is 18.6. The number of hydrazine groups is 1. The van der Waals surface area contributed by atoms with Crippen molar-refractivity contribution in [2.45, 2.75) is 6.42 Å². The molecule has 12 nitrogen and oxygen atoms in total. The average molecular weight is 490 g/mol. The Labute approximate surface area is 203 Å². The lowest BCUT2D eigenvalue weighted by Crippen LogP contribution is -2.52. The summed E-state index contributed by atoms with van der Waals surface area (Å²) < 4.78 is 0. The number of ketones is 1. The SMILES string of the molecule is O=C(CN(C(=O)c1cccc([N+](=O)[O-])c1)N1C(=O)[C@@H]2[C@@H](C1=O)[C@H]1C=C[C@H]2C1)c1cccc([N+](=O)[O-])c1. The second-order valence-corrected chi connectivity index (χ2v) is 8.89. The van der Waals surface area contributed by atoms with Crippen molar-refractivity contribution in [1.82, 2.24) is 10.0 Å². The third-order valence-electron chi connectivity index (χ3n) is 6.90. The number of non-ortho nitro benzene ring substituents is 2. The zero-order valence-corrected chi connectivity index (χ0v) is 18.6. The second-order valence-electron chi connectivity index (χ2n) is 8.89. The number of rotatable bonds is 7. The Morgan fingerprint density at radius 3 is 1.89 bits per heavy atom. The monoisotopic (exact) mass is 490 g/mol. The molecule has 2 fully saturated rings. The third-order valence-corrected chi connectivity index (χ3v) is 6.90. The average Bonchev–Trinajstić information content (AvgIpc) is 3.56. The predicted octanol–water partition coefficient (Wildman–Crippen LogP) is 2.55. The van der Waals surface area contributed by atoms with Crippen molar-refractivity contribution in [3.8, 4) is 0 Å². The first-order valence-electron chi connectivity index (χ1n) is 11.1. The highest BCUT2D eigenvalue weighted by Crippen LogP contribution is 2.52. The number of fused-ring (bicyclic) bond motifs is 5. The van der Waals surface area contributed by atoms with Gasteiger partial charge in [0.15, 0.2) is 5.78 Å². The van der Waals surface area contributed by atoms with Gasteiger partial charge < -0.3 is 0 Å². The highest BCUT2D eigenvalue weighted by molar-refractivity contribution is 6.10. The van der Waals surface area contributed by atoms with E-state index in [1.54, 1.807) is 0 Å². The molecule has 1 saturated carbocycles. The zero-order chi connectivity index (χ0) is 25.7. The molecule has 0 unspecified atom stereocenters. The third kappa shape index (κ3) is 3.63. The number of Topliss-reactive ketones (excluding diaryl/α,β-unsaturated/α-hetero) is 1. The van der Waals surface area contributed by atoms with Crippen molar-refractivity contribution < 1.29 is 29.0 Å². The molecule has 3 aliphatic rings. The van der Waals surface area contributed by atoms with Gasteiger partial charge in [-0.05, 0) is 24.3 Å². The van der Waals surface area contributed by atoms with E-state index in [0.717, 1.165) is 12.1 Å². The number of allylic oxidation sites excluding steroid dienone is 2. The van der Waals surface area contributed by atoms with Crippen LogP contribution in [0.5, 0.6) is 0 Å². The number of carbonyl (C=O) groups excluding carboxylic acids is 4. The van der Waals surface area contributed by atoms with Crippen LogP contribution in [-0.2, 0) is 9.59 Å². The Balaban J connectivity index is 1.52. The smallest absolute Gasteiger partial charge is 0.273 e. The number of nitrogens with zero attached hydrogens (tertiary/aromatic N) is 4. The van der Waals surface area contributed by atoms with Crippen molar-refractivity contribution in [3.05, 3.63) is 92.0 Å². The van der Waals surface area contributed by atoms with Crippen LogP contribution in [0.25, 0.3) is 0 Å². The van der Waals surface area contributed by atoms with E-state index in [2.05, 4.69) is 0 Å². The van der Waals surface area contributed by atoms with Crippen LogP contribution in [-0.4, -0.2) is 49.9 Å². The summed E-state index contributed by atoms with van der Waals surface area (Å²) in [6, 6.07) is 9.57. The summed E-state index contributed by atoms with van der Waals surface area (Å²) in [5.74, 6) is -4.55. The number of imide groups is 1. The van der Waals surface area contributed by atoms with E-state index in [9.17, 15) is 39.4 Å². The van der Waals surface area contributed by atoms with E-state index in [0.29, 0.717) is 16.4 Å². The summed E-state index contributed by atoms with van der Waals surface area (Å²) in [5, 5.41) is 23.7. The van der Waals surface area contributed by atoms with Gasteiger partial charge in [0.1, 0.15) is 6.54 Å². The number of nitro benzene ring substituents is 2. The molecular formula is C24H18N4O8. The standard InChI is InChI=1S/C24H18N4O8/c29-19(13-3-1-5-17(10-13)27(33)34)12-25(22(30)16-4-2-6-18(11-16)28(35)36)26-23(31)20-14-7-8-15(9-14)21(20)24(26)32/h1-8,10-11,14-15,20-21H,9,12H2/t14-,15-,20-,21-/m0/s1. The first kappa shape index (κ1) is 23.0. The van der Waals surface area contributed by atoms with Gasteiger partial charge in [-0.1, -0.05) is 30.4 Å². The Bertz CT molecular complexity index is 1360. The van der Waals surface area contributed by atoms with Gasteiger partial charge in [0, 0.05) is 35.4 Å². The summed E-state index contributed by atoms with van der Waals surface area (Å²) in [4.78, 5) is 74.3. The number of amides is 3. The van der Waals surface area contributed by atoms with Crippen LogP contribution in [0.1, 0.15) is 27.1 Å². The molecule has 0 N–H and O–H groups in total. The largest absolute Gasteiger partial charge is 0.292 e. The lowest BCUT2D eigenvalue weighted by molar-refractivity contribution is -0.385. The molecule has 12 heteroatoms. The van der Waals surface area contributed by atoms with Gasteiger partial charge in [0.2, 0.25) is 0 Å². The molecule has 36 heavy (non-hydrogen) atoms. The van der Waals surface area contributed by atoms with E-state index < -0.39 is 51.7 Å². The second kappa shape index (κ2) is 8.48. The van der Waals surface area contributed by atoms with Crippen LogP contribution >= 0.6 is 0 Å². The molecule has 182 valence electrons. The van der Waals surface area contributed by atoms with Gasteiger partial charge in [-0.15, -0.1) is 0 Å². The lowest BCUT2D eigenvalue weighted by Gasteiger charge is -2.30. The summed E-state index contributed by atoms with van der Waals surface area (Å²) >= 11 is 0. The van der Waals surface area contributed by atoms with Crippen LogP contribution in [0.15, 0.2) is 60.7 Å². The van der Waals surface area contributed by atoms with E-state index in [1.807, 2.05) is 12.2 Å². The van der Waals surface area contributed by atoms with Gasteiger partial charge in [-0.3, -0.25) is 39.4 Å². The van der Waals surface area contributed by atoms with Crippen LogP contribution in [0.3, 0.4) is 0 Å². The molecule has 1 heterocycles. The Kier molecular flexibility index (Phi) is 5.43. The van der Waals surface area contributed by atoms with E-state index in [-0.39, 0.29) is 34.3 Å². The van der Waals surface area contributed by atoms with Crippen molar-refractivity contribution in [3.63, 3.8) is 0 Å². The van der Waals surface area contributed by atoms with E-state index in [4.69, 9.17) is 0 Å². The van der Waals surface area contributed by atoms with Crippen molar-refractivity contribution >= 4 is 34.9 Å². The minimum atomic E-state index is -0.959. The number of carbonyl (C=O) groups is 4. The topological polar surface area (TPSA) is 161 Å². The molecule has 1 saturated heterocycles. The molecule has 0 radical (unpaired) electrons. The maximum atomic E-state index is 13.5. The molecule has 2 aliphatic carbocycles. The maximum Gasteiger partial charge on any atom is 0.273 e. The quantitative estimate of drug-likeness (QED) is 0.188. The lowest BCUT2D eigenvalue weighted by atomic mass is 9.85. The minimum absolute atomic E-state index is 0.0953. The van der Waals surface area contributed by atoms with Gasteiger partial charge in [-0.25, -0.2) is 5.01 Å². The van der Waals surface area contributed by atoms with Crippen LogP contribution in [0, 0.1) is 43.9 Å². The maximum absolute atomic E-state index is 13.5. The van der Waals surface area contributed by atoms with Gasteiger partial charge in [-0.2, -0.15) is 5.01 Å². The van der Waals surface area contributed by atoms with Crippen molar-refractivity contribution in [2.75, 3.05) is 6.54 Å². The molecule has 0 aromatic heterocycles. The summed E-state index contributed by atoms with van der Waals surface area (Å²) in [7, 11) is 0. The minimum Gasteiger partial charge on any atom is -0.292 e. The predicted molar refractivity (Wildman–Crippen MR) is 121 cm³/mol. The van der Waals surface area contributed by atoms with Crippen molar-refractivity contribution in [2.24, 2.45) is 23.7 Å². The molecule has 2 aromatic carbocycles. The number of hydrogen-bond acceptors (Lipinski definition) is 8. The molecular weight excluding hydrogens is 472 g/mol. The first-order chi connectivity index (χ1) is 17.2. The Morgan fingerprint density at radius 2 is 1.36 bits per heavy atom. The van der Waals surface area contributed by atoms with E-state index >= 15 is 0 Å². The summed E-state index contributed by atoms with van der Waals surface area (Å²) in [5.41, 5.74) is -1.02. The summed E-state index contributed by atoms with van der Waals surface area (Å²) in [6.45, 7) is -0.775. The fraction of sp³-hybridized carbons (Fsp3) is 0.250. The Morgan fingerprint density at radius 1 is 0.861 bits per heavy atom. The highest BCUT2D eigenvalue weighted by Gasteiger charge is 2.61. The molecule has 5 rings (SSSR count). The molecule has 2 aromatic rings. The van der Waals surface area contributed by atoms with Gasteiger partial charge in [0.25, 0.3) is 29.1 Å². The Hall–Kier alpha value is -4.74. The normalized spacial score (nSPS) is 23.6. The van der Waals surface area contributed by atoms with Crippen LogP contribution < -0.4 is 0 Å². The van der Waals surface area contributed by atoms with Crippen molar-refractivity contribution in [1.29, 1.82) is 0 Å². The molecule has 1 aliphatic heterocycles. The fourth-order valence-electron chi connectivity index (χ4n) is 5.28. The number of benzene rings is 2. The van der Waals surface area contributed by atoms with Crippen LogP contribution in [0.2, 0.25) is 0 Å². The first-order valence-corrected chi connectivity index (χ1v) is 11.1. The van der Waals surface area contributed by atoms with E-state index in [1.165, 1.54) is 36.4 Å². The van der Waals surface area contributed by atoms with Crippen LogP contribution in [0.4, 0.5) is 11.4 Å². The molecule has 3 amide bonds. The summed E-state index contributed by atoms with van der Waals surface area (Å²) in [6.07, 6.45) is 4.41. The fourth-order valence-corrected chi connectivity index (χ4v) is 5.28. The highest BCUT2D eigenvalue weighted by atomic mass is 16.6. The van der Waals surface area contributed by atoms with Gasteiger partial charge >= 0.3 is 0 Å². The molecule has 2 bridgehead atoms. The molecule has 4 atom stereocenters. The molecule has 0 spiro atoms.